The van der Waals surface area contributed by atoms with Crippen LogP contribution in [0.1, 0.15) is 0 Å². The highest BCUT2D eigenvalue weighted by atomic mass is 32.2. The van der Waals surface area contributed by atoms with E-state index in [4.69, 9.17) is 0 Å². The van der Waals surface area contributed by atoms with E-state index in [1.54, 1.807) is 6.07 Å². The van der Waals surface area contributed by atoms with E-state index in [0.29, 0.717) is 5.25 Å². The molecule has 1 saturated heterocycles. The Labute approximate surface area is 97.4 Å². The molecular formula is C10H13FN2S2. The number of halogens is 1. The van der Waals surface area contributed by atoms with Gasteiger partial charge in [-0.1, -0.05) is 0 Å². The second kappa shape index (κ2) is 5.61. The maximum absolute atomic E-state index is 12.6. The molecule has 0 aliphatic carbocycles. The number of rotatable bonds is 3. The summed E-state index contributed by atoms with van der Waals surface area (Å²) in [5.41, 5.74) is 0. The van der Waals surface area contributed by atoms with E-state index in [0.717, 1.165) is 12.4 Å². The van der Waals surface area contributed by atoms with Crippen molar-refractivity contribution in [2.45, 2.75) is 5.25 Å². The average Bonchev–Trinajstić information content (AvgIpc) is 2.30. The SMILES string of the molecule is Fc1ccc(NCC2CSCCS2)nc1. The molecule has 82 valence electrons. The highest BCUT2D eigenvalue weighted by Gasteiger charge is 2.13. The summed E-state index contributed by atoms with van der Waals surface area (Å²) in [6.07, 6.45) is 1.24. The summed E-state index contributed by atoms with van der Waals surface area (Å²) in [6.45, 7) is 0.913. The number of hydrogen-bond acceptors (Lipinski definition) is 4. The number of anilines is 1. The lowest BCUT2D eigenvalue weighted by molar-refractivity contribution is 0.621. The summed E-state index contributed by atoms with van der Waals surface area (Å²) in [7, 11) is 0. The molecular weight excluding hydrogens is 231 g/mol. The number of pyridine rings is 1. The van der Waals surface area contributed by atoms with Gasteiger partial charge in [-0.15, -0.1) is 0 Å². The fourth-order valence-electron chi connectivity index (χ4n) is 1.35. The van der Waals surface area contributed by atoms with Crippen molar-refractivity contribution in [1.29, 1.82) is 0 Å². The predicted octanol–water partition coefficient (Wildman–Crippen LogP) is 2.48. The van der Waals surface area contributed by atoms with Crippen molar-refractivity contribution >= 4 is 29.3 Å². The zero-order valence-corrected chi connectivity index (χ0v) is 9.91. The Balaban J connectivity index is 1.79. The van der Waals surface area contributed by atoms with Crippen LogP contribution in [-0.4, -0.2) is 34.0 Å². The van der Waals surface area contributed by atoms with Crippen LogP contribution in [0.3, 0.4) is 0 Å². The Morgan fingerprint density at radius 1 is 1.47 bits per heavy atom. The molecule has 2 nitrogen and oxygen atoms in total. The lowest BCUT2D eigenvalue weighted by Crippen LogP contribution is -2.23. The normalized spacial score (nSPS) is 21.3. The maximum Gasteiger partial charge on any atom is 0.141 e. The van der Waals surface area contributed by atoms with E-state index < -0.39 is 0 Å². The van der Waals surface area contributed by atoms with E-state index in [9.17, 15) is 4.39 Å². The summed E-state index contributed by atoms with van der Waals surface area (Å²) < 4.78 is 12.6. The molecule has 2 rings (SSSR count). The molecule has 1 aliphatic heterocycles. The van der Waals surface area contributed by atoms with E-state index in [1.807, 2.05) is 23.5 Å². The van der Waals surface area contributed by atoms with Crippen molar-refractivity contribution in [2.75, 3.05) is 29.1 Å². The molecule has 1 atom stereocenters. The highest BCUT2D eigenvalue weighted by Crippen LogP contribution is 2.23. The van der Waals surface area contributed by atoms with Crippen LogP contribution >= 0.6 is 23.5 Å². The van der Waals surface area contributed by atoms with Gasteiger partial charge in [-0.25, -0.2) is 9.37 Å². The van der Waals surface area contributed by atoms with Gasteiger partial charge in [0.2, 0.25) is 0 Å². The van der Waals surface area contributed by atoms with E-state index in [1.165, 1.54) is 29.5 Å². The van der Waals surface area contributed by atoms with Crippen LogP contribution in [-0.2, 0) is 0 Å². The van der Waals surface area contributed by atoms with Gasteiger partial charge >= 0.3 is 0 Å². The minimum Gasteiger partial charge on any atom is -0.369 e. The molecule has 0 radical (unpaired) electrons. The second-order valence-corrected chi connectivity index (χ2v) is 5.87. The van der Waals surface area contributed by atoms with Gasteiger partial charge in [-0.05, 0) is 12.1 Å². The minimum absolute atomic E-state index is 0.289. The summed E-state index contributed by atoms with van der Waals surface area (Å²) in [5.74, 6) is 4.15. The molecule has 1 unspecified atom stereocenters. The van der Waals surface area contributed by atoms with Crippen molar-refractivity contribution in [2.24, 2.45) is 0 Å². The standard InChI is InChI=1S/C10H13FN2S2/c11-8-1-2-10(12-5-8)13-6-9-7-14-3-4-15-9/h1-2,5,9H,3-4,6-7H2,(H,12,13). The van der Waals surface area contributed by atoms with Crippen molar-refractivity contribution < 1.29 is 4.39 Å². The smallest absolute Gasteiger partial charge is 0.141 e. The van der Waals surface area contributed by atoms with E-state index >= 15 is 0 Å². The monoisotopic (exact) mass is 244 g/mol. The molecule has 1 aromatic heterocycles. The third kappa shape index (κ3) is 3.57. The minimum atomic E-state index is -0.289. The Kier molecular flexibility index (Phi) is 4.14. The van der Waals surface area contributed by atoms with E-state index in [-0.39, 0.29) is 5.82 Å². The molecule has 1 aliphatic rings. The lowest BCUT2D eigenvalue weighted by Gasteiger charge is -2.21. The molecule has 5 heteroatoms. The topological polar surface area (TPSA) is 24.9 Å². The van der Waals surface area contributed by atoms with Crippen LogP contribution in [0.25, 0.3) is 0 Å². The largest absolute Gasteiger partial charge is 0.369 e. The van der Waals surface area contributed by atoms with Crippen molar-refractivity contribution in [1.82, 2.24) is 4.98 Å². The molecule has 1 N–H and O–H groups in total. The van der Waals surface area contributed by atoms with Crippen molar-refractivity contribution in [3.05, 3.63) is 24.1 Å². The van der Waals surface area contributed by atoms with Gasteiger partial charge < -0.3 is 5.32 Å². The third-order valence-corrected chi connectivity index (χ3v) is 4.97. The Morgan fingerprint density at radius 2 is 2.40 bits per heavy atom. The molecule has 0 bridgehead atoms. The average molecular weight is 244 g/mol. The molecule has 2 heterocycles. The predicted molar refractivity (Wildman–Crippen MR) is 66.3 cm³/mol. The van der Waals surface area contributed by atoms with Crippen LogP contribution in [0.4, 0.5) is 10.2 Å². The highest BCUT2D eigenvalue weighted by molar-refractivity contribution is 8.06. The van der Waals surface area contributed by atoms with Gasteiger partial charge in [0.1, 0.15) is 11.6 Å². The number of nitrogens with one attached hydrogen (secondary N) is 1. The van der Waals surface area contributed by atoms with Crippen LogP contribution in [0.2, 0.25) is 0 Å². The van der Waals surface area contributed by atoms with Crippen molar-refractivity contribution in [3.8, 4) is 0 Å². The van der Waals surface area contributed by atoms with Gasteiger partial charge in [-0.3, -0.25) is 0 Å². The first-order chi connectivity index (χ1) is 7.34. The zero-order chi connectivity index (χ0) is 10.5. The zero-order valence-electron chi connectivity index (χ0n) is 8.28. The van der Waals surface area contributed by atoms with Crippen LogP contribution in [0, 0.1) is 5.82 Å². The molecule has 0 amide bonds. The Hall–Kier alpha value is -0.420. The van der Waals surface area contributed by atoms with Crippen molar-refractivity contribution in [3.63, 3.8) is 0 Å². The van der Waals surface area contributed by atoms with Gasteiger partial charge in [-0.2, -0.15) is 23.5 Å². The molecule has 1 fully saturated rings. The first-order valence-corrected chi connectivity index (χ1v) is 7.10. The fourth-order valence-corrected chi connectivity index (χ4v) is 3.97. The number of thioether (sulfide) groups is 2. The van der Waals surface area contributed by atoms with Crippen LogP contribution in [0.15, 0.2) is 18.3 Å². The summed E-state index contributed by atoms with van der Waals surface area (Å²) in [5, 5.41) is 3.88. The second-order valence-electron chi connectivity index (χ2n) is 3.31. The fraction of sp³-hybridized carbons (Fsp3) is 0.500. The number of aromatic nitrogens is 1. The molecule has 0 spiro atoms. The van der Waals surface area contributed by atoms with Gasteiger partial charge in [0.15, 0.2) is 0 Å². The number of hydrogen-bond donors (Lipinski definition) is 1. The molecule has 0 saturated carbocycles. The van der Waals surface area contributed by atoms with Gasteiger partial charge in [0.25, 0.3) is 0 Å². The van der Waals surface area contributed by atoms with Gasteiger partial charge in [0.05, 0.1) is 6.20 Å². The maximum atomic E-state index is 12.6. The summed E-state index contributed by atoms with van der Waals surface area (Å²) in [4.78, 5) is 3.96. The third-order valence-electron chi connectivity index (χ3n) is 2.12. The van der Waals surface area contributed by atoms with E-state index in [2.05, 4.69) is 10.3 Å². The van der Waals surface area contributed by atoms with Crippen LogP contribution < -0.4 is 5.32 Å². The lowest BCUT2D eigenvalue weighted by atomic mass is 10.4. The first-order valence-electron chi connectivity index (χ1n) is 4.89. The Morgan fingerprint density at radius 3 is 3.07 bits per heavy atom. The summed E-state index contributed by atoms with van der Waals surface area (Å²) >= 11 is 4.00. The number of nitrogens with zero attached hydrogens (tertiary/aromatic N) is 1. The first kappa shape index (κ1) is 11.1. The Bertz CT molecular complexity index is 299. The molecule has 0 aromatic carbocycles. The quantitative estimate of drug-likeness (QED) is 0.883. The van der Waals surface area contributed by atoms with Crippen LogP contribution in [0.5, 0.6) is 0 Å². The molecule has 1 aromatic rings. The molecule has 15 heavy (non-hydrogen) atoms. The van der Waals surface area contributed by atoms with Gasteiger partial charge in [0, 0.05) is 29.1 Å². The summed E-state index contributed by atoms with van der Waals surface area (Å²) in [6, 6.07) is 3.11.